The molecule has 7 nitrogen and oxygen atoms in total. The van der Waals surface area contributed by atoms with Crippen LogP contribution in [0.3, 0.4) is 0 Å². The molecule has 2 amide bonds. The first-order valence-corrected chi connectivity index (χ1v) is 12.6. The van der Waals surface area contributed by atoms with Crippen molar-refractivity contribution in [3.05, 3.63) is 83.9 Å². The first-order valence-electron chi connectivity index (χ1n) is 12.6. The lowest BCUT2D eigenvalue weighted by Gasteiger charge is -2.48. The molecule has 2 aromatic carbocycles. The van der Waals surface area contributed by atoms with E-state index in [1.807, 2.05) is 11.0 Å². The topological polar surface area (TPSA) is 70.5 Å². The number of likely N-dealkylation sites (tertiary alicyclic amines) is 2. The van der Waals surface area contributed by atoms with Crippen molar-refractivity contribution in [1.29, 1.82) is 0 Å². The second kappa shape index (κ2) is 10.6. The molecule has 1 aromatic heterocycles. The predicted molar refractivity (Wildman–Crippen MR) is 136 cm³/mol. The number of carbonyl (C=O) groups excluding carboxylic acids is 2. The number of nitrogens with zero attached hydrogens (tertiary/aromatic N) is 4. The van der Waals surface area contributed by atoms with Gasteiger partial charge in [0.25, 0.3) is 5.91 Å². The number of hydrogen-bond acceptors (Lipinski definition) is 4. The van der Waals surface area contributed by atoms with Crippen LogP contribution in [0.15, 0.2) is 67.0 Å². The molecule has 0 aliphatic carbocycles. The zero-order chi connectivity index (χ0) is 25.0. The average Bonchev–Trinajstić information content (AvgIpc) is 3.31. The van der Waals surface area contributed by atoms with E-state index in [1.165, 1.54) is 34.6 Å². The quantitative estimate of drug-likeness (QED) is 0.564. The summed E-state index contributed by atoms with van der Waals surface area (Å²) in [5.41, 5.74) is 1.86. The number of rotatable bonds is 6. The molecule has 0 unspecified atom stereocenters. The Bertz CT molecular complexity index is 1210. The van der Waals surface area contributed by atoms with E-state index in [9.17, 15) is 14.0 Å². The molecule has 1 atom stereocenters. The number of hydrogen-bond donors (Lipinski definition) is 1. The SMILES string of the molecule is O=C(Nc1cnn(CC(=O)N2CCC[C@]3(CCCN(Cc4ccccc4)C3)C2)c1)c1ccccc1F. The Hall–Kier alpha value is -3.52. The second-order valence-electron chi connectivity index (χ2n) is 10.1. The first kappa shape index (κ1) is 24.2. The summed E-state index contributed by atoms with van der Waals surface area (Å²) in [7, 11) is 0. The van der Waals surface area contributed by atoms with Crippen molar-refractivity contribution < 1.29 is 14.0 Å². The lowest BCUT2D eigenvalue weighted by atomic mass is 9.73. The zero-order valence-corrected chi connectivity index (χ0v) is 20.4. The maximum atomic E-state index is 13.9. The van der Waals surface area contributed by atoms with E-state index >= 15 is 0 Å². The Labute approximate surface area is 210 Å². The number of aromatic nitrogens is 2. The molecule has 3 heterocycles. The normalized spacial score (nSPS) is 20.4. The highest BCUT2D eigenvalue weighted by Crippen LogP contribution is 2.39. The third kappa shape index (κ3) is 5.65. The number of piperidine rings is 2. The summed E-state index contributed by atoms with van der Waals surface area (Å²) < 4.78 is 15.4. The van der Waals surface area contributed by atoms with Gasteiger partial charge in [-0.2, -0.15) is 5.10 Å². The molecular formula is C28H32FN5O2. The van der Waals surface area contributed by atoms with Crippen LogP contribution in [0, 0.1) is 11.2 Å². The summed E-state index contributed by atoms with van der Waals surface area (Å²) in [5, 5.41) is 6.89. The summed E-state index contributed by atoms with van der Waals surface area (Å²) in [5.74, 6) is -1.10. The van der Waals surface area contributed by atoms with E-state index in [0.717, 1.165) is 58.4 Å². The molecule has 2 aliphatic rings. The van der Waals surface area contributed by atoms with Gasteiger partial charge in [-0.05, 0) is 49.9 Å². The number of halogens is 1. The van der Waals surface area contributed by atoms with Gasteiger partial charge in [0.05, 0.1) is 17.4 Å². The van der Waals surface area contributed by atoms with Gasteiger partial charge in [-0.15, -0.1) is 0 Å². The Balaban J connectivity index is 1.18. The van der Waals surface area contributed by atoms with Gasteiger partial charge in [0.2, 0.25) is 5.91 Å². The fraction of sp³-hybridized carbons (Fsp3) is 0.393. The minimum atomic E-state index is -0.582. The van der Waals surface area contributed by atoms with Crippen LogP contribution in [0.4, 0.5) is 10.1 Å². The Morgan fingerprint density at radius 2 is 1.72 bits per heavy atom. The first-order chi connectivity index (χ1) is 17.5. The van der Waals surface area contributed by atoms with Gasteiger partial charge < -0.3 is 10.2 Å². The third-order valence-corrected chi connectivity index (χ3v) is 7.31. The van der Waals surface area contributed by atoms with Gasteiger partial charge in [0.15, 0.2) is 0 Å². The second-order valence-corrected chi connectivity index (χ2v) is 10.1. The summed E-state index contributed by atoms with van der Waals surface area (Å²) in [4.78, 5) is 30.1. The molecule has 1 N–H and O–H groups in total. The fourth-order valence-electron chi connectivity index (χ4n) is 5.64. The number of carbonyl (C=O) groups is 2. The highest BCUT2D eigenvalue weighted by molar-refractivity contribution is 6.04. The molecule has 2 aliphatic heterocycles. The van der Waals surface area contributed by atoms with Crippen LogP contribution in [0.2, 0.25) is 0 Å². The van der Waals surface area contributed by atoms with Crippen molar-refractivity contribution in [3.63, 3.8) is 0 Å². The molecule has 0 bridgehead atoms. The van der Waals surface area contributed by atoms with E-state index < -0.39 is 11.7 Å². The highest BCUT2D eigenvalue weighted by atomic mass is 19.1. The van der Waals surface area contributed by atoms with Crippen LogP contribution >= 0.6 is 0 Å². The van der Waals surface area contributed by atoms with Gasteiger partial charge in [0, 0.05) is 37.8 Å². The minimum absolute atomic E-state index is 0.0318. The van der Waals surface area contributed by atoms with Crippen molar-refractivity contribution in [2.24, 2.45) is 5.41 Å². The summed E-state index contributed by atoms with van der Waals surface area (Å²) >= 11 is 0. The third-order valence-electron chi connectivity index (χ3n) is 7.31. The lowest BCUT2D eigenvalue weighted by Crippen LogP contribution is -2.53. The maximum Gasteiger partial charge on any atom is 0.258 e. The molecule has 2 saturated heterocycles. The average molecular weight is 490 g/mol. The highest BCUT2D eigenvalue weighted by Gasteiger charge is 2.40. The van der Waals surface area contributed by atoms with Crippen molar-refractivity contribution in [2.75, 3.05) is 31.5 Å². The van der Waals surface area contributed by atoms with E-state index in [2.05, 4.69) is 39.6 Å². The number of nitrogens with one attached hydrogen (secondary N) is 1. The molecule has 3 aromatic rings. The van der Waals surface area contributed by atoms with Gasteiger partial charge in [0.1, 0.15) is 12.4 Å². The Morgan fingerprint density at radius 1 is 0.972 bits per heavy atom. The van der Waals surface area contributed by atoms with Gasteiger partial charge in [-0.25, -0.2) is 4.39 Å². The van der Waals surface area contributed by atoms with E-state index in [4.69, 9.17) is 0 Å². The zero-order valence-electron chi connectivity index (χ0n) is 20.4. The molecule has 36 heavy (non-hydrogen) atoms. The monoisotopic (exact) mass is 489 g/mol. The summed E-state index contributed by atoms with van der Waals surface area (Å²) in [6, 6.07) is 16.4. The van der Waals surface area contributed by atoms with Crippen molar-refractivity contribution >= 4 is 17.5 Å². The Morgan fingerprint density at radius 3 is 2.53 bits per heavy atom. The van der Waals surface area contributed by atoms with Crippen LogP contribution in [-0.4, -0.2) is 57.6 Å². The lowest BCUT2D eigenvalue weighted by molar-refractivity contribution is -0.136. The molecule has 188 valence electrons. The minimum Gasteiger partial charge on any atom is -0.340 e. The number of benzene rings is 2. The largest absolute Gasteiger partial charge is 0.340 e. The van der Waals surface area contributed by atoms with Crippen LogP contribution in [0.25, 0.3) is 0 Å². The van der Waals surface area contributed by atoms with Crippen LogP contribution < -0.4 is 5.32 Å². The van der Waals surface area contributed by atoms with Crippen molar-refractivity contribution in [1.82, 2.24) is 19.6 Å². The maximum absolute atomic E-state index is 13.9. The number of amides is 2. The standard InChI is InChI=1S/C28H32FN5O2/c29-25-11-5-4-10-24(25)27(36)31-23-16-30-34(18-23)19-26(35)33-15-7-13-28(21-33)12-6-14-32(20-28)17-22-8-2-1-3-9-22/h1-5,8-11,16,18H,6-7,12-15,17,19-21H2,(H,31,36)/t28-/m0/s1. The molecular weight excluding hydrogens is 457 g/mol. The van der Waals surface area contributed by atoms with Crippen molar-refractivity contribution in [3.8, 4) is 0 Å². The molecule has 0 radical (unpaired) electrons. The van der Waals surface area contributed by atoms with Crippen LogP contribution in [-0.2, 0) is 17.9 Å². The molecule has 5 rings (SSSR count). The van der Waals surface area contributed by atoms with E-state index in [0.29, 0.717) is 5.69 Å². The summed E-state index contributed by atoms with van der Waals surface area (Å²) in [6.07, 6.45) is 7.55. The molecule has 0 saturated carbocycles. The van der Waals surface area contributed by atoms with Crippen molar-refractivity contribution in [2.45, 2.75) is 38.8 Å². The van der Waals surface area contributed by atoms with E-state index in [1.54, 1.807) is 12.3 Å². The molecule has 8 heteroatoms. The fourth-order valence-corrected chi connectivity index (χ4v) is 5.64. The Kier molecular flexibility index (Phi) is 7.13. The van der Waals surface area contributed by atoms with Gasteiger partial charge in [-0.1, -0.05) is 42.5 Å². The molecule has 2 fully saturated rings. The van der Waals surface area contributed by atoms with Gasteiger partial charge in [-0.3, -0.25) is 19.2 Å². The number of anilines is 1. The smallest absolute Gasteiger partial charge is 0.258 e. The van der Waals surface area contributed by atoms with Gasteiger partial charge >= 0.3 is 0 Å². The predicted octanol–water partition coefficient (Wildman–Crippen LogP) is 4.18. The van der Waals surface area contributed by atoms with Crippen LogP contribution in [0.1, 0.15) is 41.6 Å². The van der Waals surface area contributed by atoms with Crippen LogP contribution in [0.5, 0.6) is 0 Å². The molecule has 1 spiro atoms. The van der Waals surface area contributed by atoms with E-state index in [-0.39, 0.29) is 23.4 Å². The summed E-state index contributed by atoms with van der Waals surface area (Å²) in [6.45, 7) is 4.70.